The van der Waals surface area contributed by atoms with Crippen molar-refractivity contribution in [2.75, 3.05) is 5.32 Å². The predicted octanol–water partition coefficient (Wildman–Crippen LogP) is 0.432. The molecule has 1 aromatic rings. The van der Waals surface area contributed by atoms with E-state index in [4.69, 9.17) is 0 Å². The zero-order valence-corrected chi connectivity index (χ0v) is 7.82. The number of carbonyl (C=O) groups excluding carboxylic acids is 1. The van der Waals surface area contributed by atoms with Crippen molar-refractivity contribution >= 4 is 11.9 Å². The highest BCUT2D eigenvalue weighted by Crippen LogP contribution is 2.00. The van der Waals surface area contributed by atoms with Crippen LogP contribution in [0.4, 0.5) is 5.95 Å². The number of rotatable bonds is 4. The Morgan fingerprint density at radius 3 is 2.92 bits per heavy atom. The van der Waals surface area contributed by atoms with E-state index in [1.54, 1.807) is 11.6 Å². The van der Waals surface area contributed by atoms with Crippen molar-refractivity contribution in [3.63, 3.8) is 0 Å². The molecule has 0 aliphatic carbocycles. The van der Waals surface area contributed by atoms with Crippen LogP contribution in [0.5, 0.6) is 0 Å². The lowest BCUT2D eigenvalue weighted by atomic mass is 10.4. The second-order valence-corrected chi connectivity index (χ2v) is 2.63. The van der Waals surface area contributed by atoms with E-state index < -0.39 is 0 Å². The van der Waals surface area contributed by atoms with E-state index in [1.807, 2.05) is 6.92 Å². The van der Waals surface area contributed by atoms with Gasteiger partial charge in [-0.3, -0.25) is 10.1 Å². The van der Waals surface area contributed by atoms with E-state index in [9.17, 15) is 4.79 Å². The van der Waals surface area contributed by atoms with Crippen molar-refractivity contribution in [2.45, 2.75) is 33.2 Å². The lowest BCUT2D eigenvalue weighted by molar-refractivity contribution is -0.115. The first kappa shape index (κ1) is 9.63. The van der Waals surface area contributed by atoms with Crippen LogP contribution in [0.2, 0.25) is 0 Å². The summed E-state index contributed by atoms with van der Waals surface area (Å²) in [7, 11) is 0. The maximum atomic E-state index is 11.0. The number of carbonyl (C=O) groups is 1. The Hall–Kier alpha value is -1.46. The van der Waals surface area contributed by atoms with Crippen LogP contribution >= 0.6 is 0 Å². The molecule has 0 aliphatic heterocycles. The van der Waals surface area contributed by atoms with E-state index in [-0.39, 0.29) is 5.91 Å². The maximum absolute atomic E-state index is 11.0. The molecule has 1 N–H and O–H groups in total. The fraction of sp³-hybridized carbons (Fsp3) is 0.714. The van der Waals surface area contributed by atoms with Gasteiger partial charge in [-0.2, -0.15) is 0 Å². The van der Waals surface area contributed by atoms with Crippen molar-refractivity contribution in [3.05, 3.63) is 0 Å². The van der Waals surface area contributed by atoms with Crippen LogP contribution in [0.3, 0.4) is 0 Å². The molecule has 0 saturated carbocycles. The van der Waals surface area contributed by atoms with Crippen LogP contribution in [0, 0.1) is 0 Å². The molecule has 0 radical (unpaired) electrons. The number of hydrogen-bond donors (Lipinski definition) is 1. The zero-order valence-electron chi connectivity index (χ0n) is 7.82. The van der Waals surface area contributed by atoms with Gasteiger partial charge >= 0.3 is 0 Å². The average molecular weight is 183 g/mol. The van der Waals surface area contributed by atoms with Crippen LogP contribution in [0.1, 0.15) is 26.7 Å². The quantitative estimate of drug-likeness (QED) is 0.734. The average Bonchev–Trinajstić information content (AvgIpc) is 2.54. The fourth-order valence-corrected chi connectivity index (χ4v) is 0.870. The van der Waals surface area contributed by atoms with Gasteiger partial charge in [0.2, 0.25) is 11.9 Å². The minimum Gasteiger partial charge on any atom is -0.293 e. The van der Waals surface area contributed by atoms with Gasteiger partial charge in [0.25, 0.3) is 0 Å². The zero-order chi connectivity index (χ0) is 9.68. The van der Waals surface area contributed by atoms with E-state index in [0.717, 1.165) is 6.42 Å². The summed E-state index contributed by atoms with van der Waals surface area (Å²) in [6.45, 7) is 4.52. The summed E-state index contributed by atoms with van der Waals surface area (Å²) in [5.74, 6) is 0.348. The molecule has 0 bridgehead atoms. The van der Waals surface area contributed by atoms with Gasteiger partial charge in [0, 0.05) is 13.0 Å². The number of aryl methyl sites for hydroxylation is 1. The lowest BCUT2D eigenvalue weighted by Gasteiger charge is -2.02. The summed E-state index contributed by atoms with van der Waals surface area (Å²) in [5.41, 5.74) is 0. The molecule has 1 amide bonds. The molecule has 13 heavy (non-hydrogen) atoms. The van der Waals surface area contributed by atoms with Crippen molar-refractivity contribution < 1.29 is 4.79 Å². The van der Waals surface area contributed by atoms with Crippen LogP contribution in [0.15, 0.2) is 0 Å². The van der Waals surface area contributed by atoms with Gasteiger partial charge in [0.15, 0.2) is 0 Å². The molecule has 1 rings (SSSR count). The maximum Gasteiger partial charge on any atom is 0.249 e. The summed E-state index contributed by atoms with van der Waals surface area (Å²) >= 11 is 0. The van der Waals surface area contributed by atoms with E-state index in [0.29, 0.717) is 18.9 Å². The molecular weight excluding hydrogens is 170 g/mol. The smallest absolute Gasteiger partial charge is 0.249 e. The first-order valence-electron chi connectivity index (χ1n) is 4.34. The van der Waals surface area contributed by atoms with Gasteiger partial charge in [-0.1, -0.05) is 18.9 Å². The summed E-state index contributed by atoms with van der Waals surface area (Å²) in [6, 6.07) is 0. The van der Waals surface area contributed by atoms with Gasteiger partial charge in [-0.25, -0.2) is 4.68 Å². The Morgan fingerprint density at radius 1 is 1.54 bits per heavy atom. The Balaban J connectivity index is 2.64. The SMILES string of the molecule is CCCn1nnnc1NC(=O)CC. The predicted molar refractivity (Wildman–Crippen MR) is 47.0 cm³/mol. The molecule has 0 unspecified atom stereocenters. The minimum absolute atomic E-state index is 0.0767. The third-order valence-electron chi connectivity index (χ3n) is 1.54. The molecule has 0 saturated heterocycles. The van der Waals surface area contributed by atoms with Gasteiger partial charge < -0.3 is 0 Å². The van der Waals surface area contributed by atoms with Gasteiger partial charge in [0.1, 0.15) is 0 Å². The second-order valence-electron chi connectivity index (χ2n) is 2.63. The van der Waals surface area contributed by atoms with E-state index in [2.05, 4.69) is 20.8 Å². The normalized spacial score (nSPS) is 10.0. The highest BCUT2D eigenvalue weighted by atomic mass is 16.1. The van der Waals surface area contributed by atoms with Gasteiger partial charge in [0.05, 0.1) is 0 Å². The molecular formula is C7H13N5O. The Bertz CT molecular complexity index is 282. The number of nitrogens with zero attached hydrogens (tertiary/aromatic N) is 4. The number of aromatic nitrogens is 4. The fourth-order valence-electron chi connectivity index (χ4n) is 0.870. The topological polar surface area (TPSA) is 72.7 Å². The first-order valence-corrected chi connectivity index (χ1v) is 4.34. The Morgan fingerprint density at radius 2 is 2.31 bits per heavy atom. The number of amides is 1. The third kappa shape index (κ3) is 2.50. The molecule has 0 spiro atoms. The molecule has 1 aromatic heterocycles. The number of nitrogens with one attached hydrogen (secondary N) is 1. The molecule has 0 atom stereocenters. The summed E-state index contributed by atoms with van der Waals surface area (Å²) in [6.07, 6.45) is 1.36. The number of anilines is 1. The van der Waals surface area contributed by atoms with Gasteiger partial charge in [-0.05, 0) is 16.8 Å². The highest BCUT2D eigenvalue weighted by molar-refractivity contribution is 5.88. The second kappa shape index (κ2) is 4.54. The van der Waals surface area contributed by atoms with Crippen LogP contribution in [-0.2, 0) is 11.3 Å². The molecule has 0 aromatic carbocycles. The Labute approximate surface area is 76.3 Å². The van der Waals surface area contributed by atoms with Crippen LogP contribution in [-0.4, -0.2) is 26.1 Å². The summed E-state index contributed by atoms with van der Waals surface area (Å²) < 4.78 is 1.58. The number of hydrogen-bond acceptors (Lipinski definition) is 4. The van der Waals surface area contributed by atoms with Crippen molar-refractivity contribution in [2.24, 2.45) is 0 Å². The van der Waals surface area contributed by atoms with E-state index in [1.165, 1.54) is 0 Å². The van der Waals surface area contributed by atoms with E-state index >= 15 is 0 Å². The largest absolute Gasteiger partial charge is 0.293 e. The molecule has 6 heteroatoms. The lowest BCUT2D eigenvalue weighted by Crippen LogP contribution is -2.15. The highest BCUT2D eigenvalue weighted by Gasteiger charge is 2.06. The summed E-state index contributed by atoms with van der Waals surface area (Å²) in [4.78, 5) is 11.0. The molecule has 6 nitrogen and oxygen atoms in total. The minimum atomic E-state index is -0.0767. The standard InChI is InChI=1S/C7H13N5O/c1-3-5-12-7(9-10-11-12)8-6(13)4-2/h3-5H2,1-2H3,(H,8,9,11,13). The van der Waals surface area contributed by atoms with Crippen LogP contribution < -0.4 is 5.32 Å². The van der Waals surface area contributed by atoms with Crippen LogP contribution in [0.25, 0.3) is 0 Å². The first-order chi connectivity index (χ1) is 6.27. The van der Waals surface area contributed by atoms with Gasteiger partial charge in [-0.15, -0.1) is 0 Å². The number of tetrazole rings is 1. The molecule has 1 heterocycles. The monoisotopic (exact) mass is 183 g/mol. The molecule has 72 valence electrons. The van der Waals surface area contributed by atoms with Crippen molar-refractivity contribution in [1.29, 1.82) is 0 Å². The Kier molecular flexibility index (Phi) is 3.36. The van der Waals surface area contributed by atoms with Crippen molar-refractivity contribution in [1.82, 2.24) is 20.2 Å². The molecule has 0 aliphatic rings. The van der Waals surface area contributed by atoms with Crippen molar-refractivity contribution in [3.8, 4) is 0 Å². The molecule has 0 fully saturated rings. The summed E-state index contributed by atoms with van der Waals surface area (Å²) in [5, 5.41) is 13.5. The third-order valence-corrected chi connectivity index (χ3v) is 1.54.